The molecule has 0 radical (unpaired) electrons. The molecule has 0 bridgehead atoms. The first-order valence-corrected chi connectivity index (χ1v) is 10.3. The number of benzene rings is 3. The predicted octanol–water partition coefficient (Wildman–Crippen LogP) is 5.67. The van der Waals surface area contributed by atoms with Crippen molar-refractivity contribution in [2.24, 2.45) is 0 Å². The van der Waals surface area contributed by atoms with Crippen molar-refractivity contribution in [1.82, 2.24) is 0 Å². The number of aryl methyl sites for hydroxylation is 1. The largest absolute Gasteiger partial charge is 0.484 e. The first-order chi connectivity index (χ1) is 15.0. The number of rotatable bonds is 6. The molecule has 1 heterocycles. The predicted molar refractivity (Wildman–Crippen MR) is 122 cm³/mol. The van der Waals surface area contributed by atoms with Gasteiger partial charge in [0.05, 0.1) is 9.86 Å². The number of para-hydroxylation sites is 2. The summed E-state index contributed by atoms with van der Waals surface area (Å²) in [4.78, 5) is 24.9. The molecule has 0 aliphatic heterocycles. The van der Waals surface area contributed by atoms with Crippen molar-refractivity contribution in [3.05, 3.63) is 93.3 Å². The summed E-state index contributed by atoms with van der Waals surface area (Å²) in [6.07, 6.45) is 1.26. The van der Waals surface area contributed by atoms with Gasteiger partial charge >= 0.3 is 0 Å². The quantitative estimate of drug-likeness (QED) is 0.385. The standard InChI is InChI=1S/C24H18BrNO5/c1-15-6-2-4-8-19(15)26-23(27)14-29-16-10-11-17-21(12-16)30-13-22(24(17)28)31-20-9-5-3-7-18(20)25/h2-13H,14H2,1H3,(H,26,27). The molecule has 3 aromatic carbocycles. The lowest BCUT2D eigenvalue weighted by atomic mass is 10.2. The van der Waals surface area contributed by atoms with Gasteiger partial charge in [-0.15, -0.1) is 0 Å². The molecule has 0 atom stereocenters. The Morgan fingerprint density at radius 2 is 1.81 bits per heavy atom. The summed E-state index contributed by atoms with van der Waals surface area (Å²) < 4.78 is 17.5. The van der Waals surface area contributed by atoms with Crippen LogP contribution >= 0.6 is 15.9 Å². The molecular formula is C24H18BrNO5. The number of ether oxygens (including phenoxy) is 2. The zero-order valence-corrected chi connectivity index (χ0v) is 18.1. The number of amides is 1. The molecular weight excluding hydrogens is 462 g/mol. The van der Waals surface area contributed by atoms with Crippen molar-refractivity contribution < 1.29 is 18.7 Å². The number of nitrogens with one attached hydrogen (secondary N) is 1. The van der Waals surface area contributed by atoms with Crippen molar-refractivity contribution in [1.29, 1.82) is 0 Å². The van der Waals surface area contributed by atoms with Crippen LogP contribution in [0.1, 0.15) is 5.56 Å². The van der Waals surface area contributed by atoms with Crippen molar-refractivity contribution in [2.45, 2.75) is 6.92 Å². The van der Waals surface area contributed by atoms with E-state index in [1.54, 1.807) is 24.3 Å². The number of halogens is 1. The van der Waals surface area contributed by atoms with Crippen molar-refractivity contribution in [3.63, 3.8) is 0 Å². The molecule has 0 unspecified atom stereocenters. The van der Waals surface area contributed by atoms with Gasteiger partial charge in [0, 0.05) is 11.8 Å². The fourth-order valence-corrected chi connectivity index (χ4v) is 3.31. The summed E-state index contributed by atoms with van der Waals surface area (Å²) in [7, 11) is 0. The van der Waals surface area contributed by atoms with E-state index in [0.717, 1.165) is 15.7 Å². The zero-order chi connectivity index (χ0) is 21.8. The van der Waals surface area contributed by atoms with Crippen LogP contribution in [0.5, 0.6) is 17.2 Å². The summed E-state index contributed by atoms with van der Waals surface area (Å²) in [6.45, 7) is 1.74. The summed E-state index contributed by atoms with van der Waals surface area (Å²) in [5, 5.41) is 3.15. The second-order valence-corrected chi connectivity index (χ2v) is 7.63. The molecule has 31 heavy (non-hydrogen) atoms. The van der Waals surface area contributed by atoms with Crippen LogP contribution in [-0.2, 0) is 4.79 Å². The SMILES string of the molecule is Cc1ccccc1NC(=O)COc1ccc2c(=O)c(Oc3ccccc3Br)coc2c1. The maximum atomic E-state index is 12.8. The van der Waals surface area contributed by atoms with Gasteiger partial charge < -0.3 is 19.2 Å². The van der Waals surface area contributed by atoms with Gasteiger partial charge in [0.25, 0.3) is 5.91 Å². The molecule has 0 aliphatic carbocycles. The van der Waals surface area contributed by atoms with Gasteiger partial charge in [-0.25, -0.2) is 0 Å². The zero-order valence-electron chi connectivity index (χ0n) is 16.6. The minimum atomic E-state index is -0.305. The van der Waals surface area contributed by atoms with Gasteiger partial charge in [0.1, 0.15) is 23.3 Å². The number of hydrogen-bond donors (Lipinski definition) is 1. The molecule has 0 fully saturated rings. The Morgan fingerprint density at radius 3 is 2.61 bits per heavy atom. The molecule has 0 saturated carbocycles. The van der Waals surface area contributed by atoms with E-state index in [2.05, 4.69) is 21.2 Å². The highest BCUT2D eigenvalue weighted by molar-refractivity contribution is 9.10. The van der Waals surface area contributed by atoms with Gasteiger partial charge in [0.2, 0.25) is 11.2 Å². The lowest BCUT2D eigenvalue weighted by Crippen LogP contribution is -2.20. The van der Waals surface area contributed by atoms with Crippen molar-refractivity contribution in [2.75, 3.05) is 11.9 Å². The van der Waals surface area contributed by atoms with E-state index >= 15 is 0 Å². The number of anilines is 1. The molecule has 0 saturated heterocycles. The van der Waals surface area contributed by atoms with E-state index in [1.807, 2.05) is 49.4 Å². The summed E-state index contributed by atoms with van der Waals surface area (Å²) >= 11 is 3.38. The minimum Gasteiger partial charge on any atom is -0.484 e. The summed E-state index contributed by atoms with van der Waals surface area (Å²) in [5.41, 5.74) is 1.73. The number of carbonyl (C=O) groups is 1. The normalized spacial score (nSPS) is 10.6. The van der Waals surface area contributed by atoms with E-state index in [0.29, 0.717) is 22.5 Å². The fraction of sp³-hybridized carbons (Fsp3) is 0.0833. The van der Waals surface area contributed by atoms with Crippen LogP contribution in [0.2, 0.25) is 0 Å². The van der Waals surface area contributed by atoms with E-state index < -0.39 is 0 Å². The van der Waals surface area contributed by atoms with E-state index in [-0.39, 0.29) is 23.7 Å². The third-order valence-corrected chi connectivity index (χ3v) is 5.22. The van der Waals surface area contributed by atoms with Crippen LogP contribution in [0, 0.1) is 6.92 Å². The third kappa shape index (κ3) is 4.78. The monoisotopic (exact) mass is 479 g/mol. The Balaban J connectivity index is 1.47. The van der Waals surface area contributed by atoms with Crippen LogP contribution in [0.3, 0.4) is 0 Å². The highest BCUT2D eigenvalue weighted by Crippen LogP contribution is 2.29. The van der Waals surface area contributed by atoms with Gasteiger partial charge in [-0.2, -0.15) is 0 Å². The Hall–Kier alpha value is -3.58. The molecule has 4 rings (SSSR count). The smallest absolute Gasteiger partial charge is 0.262 e. The molecule has 1 amide bonds. The van der Waals surface area contributed by atoms with Gasteiger partial charge in [-0.05, 0) is 58.7 Å². The first kappa shape index (κ1) is 20.7. The van der Waals surface area contributed by atoms with Crippen molar-refractivity contribution in [3.8, 4) is 17.2 Å². The van der Waals surface area contributed by atoms with Gasteiger partial charge in [-0.1, -0.05) is 30.3 Å². The number of hydrogen-bond acceptors (Lipinski definition) is 5. The van der Waals surface area contributed by atoms with E-state index in [9.17, 15) is 9.59 Å². The summed E-state index contributed by atoms with van der Waals surface area (Å²) in [6, 6.07) is 19.5. The Kier molecular flexibility index (Phi) is 6.04. The Bertz CT molecular complexity index is 1310. The Labute approximate surface area is 186 Å². The van der Waals surface area contributed by atoms with Crippen molar-refractivity contribution >= 4 is 38.5 Å². The second kappa shape index (κ2) is 9.06. The maximum absolute atomic E-state index is 12.8. The number of fused-ring (bicyclic) bond motifs is 1. The van der Waals surface area contributed by atoms with Gasteiger partial charge in [-0.3, -0.25) is 9.59 Å². The molecule has 156 valence electrons. The van der Waals surface area contributed by atoms with E-state index in [4.69, 9.17) is 13.9 Å². The minimum absolute atomic E-state index is 0.0747. The molecule has 0 aliphatic rings. The lowest BCUT2D eigenvalue weighted by molar-refractivity contribution is -0.118. The highest BCUT2D eigenvalue weighted by Gasteiger charge is 2.12. The molecule has 6 nitrogen and oxygen atoms in total. The first-order valence-electron chi connectivity index (χ1n) is 9.47. The maximum Gasteiger partial charge on any atom is 0.262 e. The van der Waals surface area contributed by atoms with Crippen LogP contribution < -0.4 is 20.2 Å². The second-order valence-electron chi connectivity index (χ2n) is 6.77. The molecule has 1 N–H and O–H groups in total. The van der Waals surface area contributed by atoms with E-state index in [1.165, 1.54) is 6.26 Å². The average Bonchev–Trinajstić information content (AvgIpc) is 2.77. The van der Waals surface area contributed by atoms with Crippen LogP contribution in [0.4, 0.5) is 5.69 Å². The molecule has 1 aromatic heterocycles. The van der Waals surface area contributed by atoms with Crippen LogP contribution in [-0.4, -0.2) is 12.5 Å². The summed E-state index contributed by atoms with van der Waals surface area (Å²) in [5.74, 6) is 0.711. The Morgan fingerprint density at radius 1 is 1.03 bits per heavy atom. The highest BCUT2D eigenvalue weighted by atomic mass is 79.9. The van der Waals surface area contributed by atoms with Crippen LogP contribution in [0.25, 0.3) is 11.0 Å². The molecule has 0 spiro atoms. The molecule has 4 aromatic rings. The third-order valence-electron chi connectivity index (χ3n) is 4.56. The van der Waals surface area contributed by atoms with Gasteiger partial charge in [0.15, 0.2) is 6.61 Å². The fourth-order valence-electron chi connectivity index (χ4n) is 2.95. The molecule has 7 heteroatoms. The van der Waals surface area contributed by atoms with Crippen LogP contribution in [0.15, 0.2) is 86.7 Å². The lowest BCUT2D eigenvalue weighted by Gasteiger charge is -2.10. The topological polar surface area (TPSA) is 77.8 Å². The number of carbonyl (C=O) groups excluding carboxylic acids is 1. The average molecular weight is 480 g/mol.